The summed E-state index contributed by atoms with van der Waals surface area (Å²) in [7, 11) is 0. The molecule has 2 atom stereocenters. The standard InChI is InChI=1S/C18H20N4O2S/c1-10-4-5-16(24-10)14-8-22(9-15(14)21-12(3)23)17-13-6-7-25-18(13)20-11(2)19-17/h4-7,14-15H,8-9H2,1-3H3,(H,21,23)/t14-,15-/m1/s1. The van der Waals surface area contributed by atoms with Gasteiger partial charge in [0.2, 0.25) is 5.91 Å². The van der Waals surface area contributed by atoms with E-state index < -0.39 is 0 Å². The molecular weight excluding hydrogens is 336 g/mol. The maximum Gasteiger partial charge on any atom is 0.217 e. The molecule has 0 radical (unpaired) electrons. The van der Waals surface area contributed by atoms with Crippen molar-refractivity contribution in [2.24, 2.45) is 0 Å². The molecule has 0 bridgehead atoms. The monoisotopic (exact) mass is 356 g/mol. The van der Waals surface area contributed by atoms with E-state index in [1.54, 1.807) is 18.3 Å². The van der Waals surface area contributed by atoms with Crippen LogP contribution in [0.15, 0.2) is 28.0 Å². The van der Waals surface area contributed by atoms with E-state index >= 15 is 0 Å². The lowest BCUT2D eigenvalue weighted by Gasteiger charge is -2.18. The first-order chi connectivity index (χ1) is 12.0. The normalized spacial score (nSPS) is 20.4. The van der Waals surface area contributed by atoms with Gasteiger partial charge in [-0.1, -0.05) is 0 Å². The number of nitrogens with zero attached hydrogens (tertiary/aromatic N) is 3. The molecule has 4 heterocycles. The lowest BCUT2D eigenvalue weighted by atomic mass is 10.0. The number of hydrogen-bond acceptors (Lipinski definition) is 6. The van der Waals surface area contributed by atoms with E-state index in [-0.39, 0.29) is 17.9 Å². The van der Waals surface area contributed by atoms with Crippen LogP contribution in [-0.2, 0) is 4.79 Å². The van der Waals surface area contributed by atoms with Crippen LogP contribution in [0.25, 0.3) is 10.2 Å². The van der Waals surface area contributed by atoms with Crippen LogP contribution >= 0.6 is 11.3 Å². The van der Waals surface area contributed by atoms with Crippen molar-refractivity contribution in [2.45, 2.75) is 32.7 Å². The number of furan rings is 1. The van der Waals surface area contributed by atoms with Crippen molar-refractivity contribution >= 4 is 33.3 Å². The summed E-state index contributed by atoms with van der Waals surface area (Å²) in [5.41, 5.74) is 0. The highest BCUT2D eigenvalue weighted by Gasteiger charge is 2.37. The zero-order chi connectivity index (χ0) is 17.6. The number of aryl methyl sites for hydroxylation is 2. The molecule has 0 saturated carbocycles. The topological polar surface area (TPSA) is 71.3 Å². The average molecular weight is 356 g/mol. The maximum atomic E-state index is 11.7. The molecule has 3 aromatic rings. The molecule has 0 spiro atoms. The Hall–Kier alpha value is -2.41. The minimum Gasteiger partial charge on any atom is -0.466 e. The summed E-state index contributed by atoms with van der Waals surface area (Å²) in [4.78, 5) is 24.1. The summed E-state index contributed by atoms with van der Waals surface area (Å²) in [5, 5.41) is 6.18. The van der Waals surface area contributed by atoms with Gasteiger partial charge in [0.05, 0.1) is 17.3 Å². The van der Waals surface area contributed by atoms with Gasteiger partial charge in [0, 0.05) is 20.0 Å². The number of thiophene rings is 1. The van der Waals surface area contributed by atoms with Crippen molar-refractivity contribution in [2.75, 3.05) is 18.0 Å². The van der Waals surface area contributed by atoms with Gasteiger partial charge in [-0.25, -0.2) is 9.97 Å². The fraction of sp³-hybridized carbons (Fsp3) is 0.389. The quantitative estimate of drug-likeness (QED) is 0.781. The van der Waals surface area contributed by atoms with Crippen LogP contribution in [0, 0.1) is 13.8 Å². The Labute approximate surface area is 149 Å². The first-order valence-electron chi connectivity index (χ1n) is 8.31. The number of rotatable bonds is 3. The molecule has 1 fully saturated rings. The molecule has 1 aliphatic rings. The number of amides is 1. The Bertz CT molecular complexity index is 932. The highest BCUT2D eigenvalue weighted by molar-refractivity contribution is 7.16. The first kappa shape index (κ1) is 16.1. The van der Waals surface area contributed by atoms with Crippen LogP contribution in [0.2, 0.25) is 0 Å². The summed E-state index contributed by atoms with van der Waals surface area (Å²) in [6.07, 6.45) is 0. The number of fused-ring (bicyclic) bond motifs is 1. The van der Waals surface area contributed by atoms with Gasteiger partial charge in [-0.05, 0) is 37.4 Å². The second kappa shape index (κ2) is 6.15. The molecule has 0 aliphatic carbocycles. The molecule has 0 unspecified atom stereocenters. The Morgan fingerprint density at radius 1 is 1.28 bits per heavy atom. The third kappa shape index (κ3) is 3.00. The zero-order valence-electron chi connectivity index (χ0n) is 14.4. The van der Waals surface area contributed by atoms with E-state index in [0.717, 1.165) is 39.9 Å². The van der Waals surface area contributed by atoms with Gasteiger partial charge in [-0.2, -0.15) is 0 Å². The molecule has 0 aromatic carbocycles. The Morgan fingerprint density at radius 2 is 2.12 bits per heavy atom. The molecule has 6 nitrogen and oxygen atoms in total. The van der Waals surface area contributed by atoms with Crippen LogP contribution in [0.3, 0.4) is 0 Å². The SMILES string of the molecule is CC(=O)N[C@@H]1CN(c2nc(C)nc3sccc23)C[C@H]1c1ccc(C)o1. The van der Waals surface area contributed by atoms with Gasteiger partial charge in [0.25, 0.3) is 0 Å². The van der Waals surface area contributed by atoms with Gasteiger partial charge >= 0.3 is 0 Å². The van der Waals surface area contributed by atoms with Crippen molar-refractivity contribution < 1.29 is 9.21 Å². The summed E-state index contributed by atoms with van der Waals surface area (Å²) in [6, 6.07) is 6.03. The summed E-state index contributed by atoms with van der Waals surface area (Å²) in [5.74, 6) is 3.56. The number of carbonyl (C=O) groups excluding carboxylic acids is 1. The van der Waals surface area contributed by atoms with Crippen LogP contribution < -0.4 is 10.2 Å². The minimum absolute atomic E-state index is 0.00740. The Morgan fingerprint density at radius 3 is 2.84 bits per heavy atom. The van der Waals surface area contributed by atoms with Gasteiger partial charge in [-0.3, -0.25) is 4.79 Å². The molecule has 3 aromatic heterocycles. The maximum absolute atomic E-state index is 11.7. The van der Waals surface area contributed by atoms with Crippen molar-refractivity contribution in [3.63, 3.8) is 0 Å². The number of carbonyl (C=O) groups is 1. The van der Waals surface area contributed by atoms with Gasteiger partial charge in [0.1, 0.15) is 28.0 Å². The number of hydrogen-bond donors (Lipinski definition) is 1. The molecule has 1 saturated heterocycles. The largest absolute Gasteiger partial charge is 0.466 e. The Balaban J connectivity index is 1.71. The molecule has 4 rings (SSSR count). The predicted octanol–water partition coefficient (Wildman–Crippen LogP) is 3.01. The molecule has 1 N–H and O–H groups in total. The van der Waals surface area contributed by atoms with Gasteiger partial charge in [-0.15, -0.1) is 11.3 Å². The van der Waals surface area contributed by atoms with E-state index in [1.807, 2.05) is 31.4 Å². The third-order valence-electron chi connectivity index (χ3n) is 4.55. The fourth-order valence-corrected chi connectivity index (χ4v) is 4.31. The molecule has 25 heavy (non-hydrogen) atoms. The second-order valence-electron chi connectivity index (χ2n) is 6.50. The number of nitrogens with one attached hydrogen (secondary N) is 1. The van der Waals surface area contributed by atoms with Crippen molar-refractivity contribution in [3.05, 3.63) is 40.9 Å². The molecule has 7 heteroatoms. The fourth-order valence-electron chi connectivity index (χ4n) is 3.51. The molecule has 1 amide bonds. The second-order valence-corrected chi connectivity index (χ2v) is 7.40. The van der Waals surface area contributed by atoms with Crippen molar-refractivity contribution in [1.82, 2.24) is 15.3 Å². The van der Waals surface area contributed by atoms with Crippen LogP contribution in [0.4, 0.5) is 5.82 Å². The smallest absolute Gasteiger partial charge is 0.217 e. The third-order valence-corrected chi connectivity index (χ3v) is 5.36. The van der Waals surface area contributed by atoms with Crippen LogP contribution in [-0.4, -0.2) is 35.0 Å². The highest BCUT2D eigenvalue weighted by Crippen LogP contribution is 2.35. The van der Waals surface area contributed by atoms with Gasteiger partial charge in [0.15, 0.2) is 0 Å². The lowest BCUT2D eigenvalue weighted by Crippen LogP contribution is -2.38. The minimum atomic E-state index is -0.0281. The molecule has 130 valence electrons. The average Bonchev–Trinajstić information content (AvgIpc) is 3.25. The predicted molar refractivity (Wildman–Crippen MR) is 98.2 cm³/mol. The lowest BCUT2D eigenvalue weighted by molar-refractivity contribution is -0.119. The van der Waals surface area contributed by atoms with Crippen molar-refractivity contribution in [1.29, 1.82) is 0 Å². The Kier molecular flexibility index (Phi) is 3.95. The molecular formula is C18H20N4O2S. The number of aromatic nitrogens is 2. The highest BCUT2D eigenvalue weighted by atomic mass is 32.1. The van der Waals surface area contributed by atoms with Crippen LogP contribution in [0.1, 0.15) is 30.2 Å². The zero-order valence-corrected chi connectivity index (χ0v) is 15.3. The van der Waals surface area contributed by atoms with E-state index in [2.05, 4.69) is 26.3 Å². The van der Waals surface area contributed by atoms with E-state index in [4.69, 9.17) is 4.42 Å². The summed E-state index contributed by atoms with van der Waals surface area (Å²) in [6.45, 7) is 6.85. The molecule has 1 aliphatic heterocycles. The number of anilines is 1. The van der Waals surface area contributed by atoms with E-state index in [1.165, 1.54) is 0 Å². The summed E-state index contributed by atoms with van der Waals surface area (Å²) >= 11 is 1.62. The first-order valence-corrected chi connectivity index (χ1v) is 9.19. The van der Waals surface area contributed by atoms with E-state index in [0.29, 0.717) is 6.54 Å². The summed E-state index contributed by atoms with van der Waals surface area (Å²) < 4.78 is 5.85. The van der Waals surface area contributed by atoms with E-state index in [9.17, 15) is 4.79 Å². The van der Waals surface area contributed by atoms with Gasteiger partial charge < -0.3 is 14.6 Å². The van der Waals surface area contributed by atoms with Crippen molar-refractivity contribution in [3.8, 4) is 0 Å². The van der Waals surface area contributed by atoms with Crippen LogP contribution in [0.5, 0.6) is 0 Å².